The summed E-state index contributed by atoms with van der Waals surface area (Å²) in [6, 6.07) is 13.6. The summed E-state index contributed by atoms with van der Waals surface area (Å²) < 4.78 is 10.3. The molecule has 0 spiro atoms. The van der Waals surface area contributed by atoms with Gasteiger partial charge in [-0.1, -0.05) is 30.3 Å². The fourth-order valence-corrected chi connectivity index (χ4v) is 1.94. The van der Waals surface area contributed by atoms with E-state index >= 15 is 0 Å². The summed E-state index contributed by atoms with van der Waals surface area (Å²) in [7, 11) is 3.03. The molecule has 0 saturated heterocycles. The second kappa shape index (κ2) is 7.22. The Hall–Kier alpha value is -2.88. The molecule has 0 heterocycles. The average molecular weight is 296 g/mol. The van der Waals surface area contributed by atoms with Gasteiger partial charge < -0.3 is 9.47 Å². The molecule has 0 aromatic heterocycles. The number of rotatable bonds is 6. The predicted molar refractivity (Wildman–Crippen MR) is 83.8 cm³/mol. The van der Waals surface area contributed by atoms with Crippen molar-refractivity contribution in [1.82, 2.24) is 0 Å². The Morgan fingerprint density at radius 3 is 1.95 bits per heavy atom. The first kappa shape index (κ1) is 15.5. The third kappa shape index (κ3) is 3.61. The lowest BCUT2D eigenvalue weighted by molar-refractivity contribution is 0.102. The molecule has 0 N–H and O–H groups in total. The molecule has 112 valence electrons. The highest BCUT2D eigenvalue weighted by Gasteiger charge is 2.09. The summed E-state index contributed by atoms with van der Waals surface area (Å²) in [6.45, 7) is 0. The van der Waals surface area contributed by atoms with E-state index in [0.29, 0.717) is 22.6 Å². The smallest absolute Gasteiger partial charge is 0.186 e. The van der Waals surface area contributed by atoms with Gasteiger partial charge in [-0.3, -0.25) is 9.59 Å². The van der Waals surface area contributed by atoms with Crippen molar-refractivity contribution in [3.63, 3.8) is 0 Å². The van der Waals surface area contributed by atoms with E-state index in [1.165, 1.54) is 26.4 Å². The number of benzene rings is 2. The largest absolute Gasteiger partial charge is 0.493 e. The number of methoxy groups -OCH3 is 2. The number of allylic oxidation sites excluding steroid dienone is 2. The fourth-order valence-electron chi connectivity index (χ4n) is 1.94. The first-order valence-corrected chi connectivity index (χ1v) is 6.69. The zero-order valence-electron chi connectivity index (χ0n) is 12.4. The van der Waals surface area contributed by atoms with E-state index in [1.807, 2.05) is 6.07 Å². The zero-order chi connectivity index (χ0) is 15.9. The number of ketones is 2. The zero-order valence-corrected chi connectivity index (χ0v) is 12.4. The van der Waals surface area contributed by atoms with Crippen LogP contribution < -0.4 is 9.47 Å². The maximum absolute atomic E-state index is 12.1. The first-order chi connectivity index (χ1) is 10.7. The minimum Gasteiger partial charge on any atom is -0.493 e. The normalized spacial score (nSPS) is 10.5. The van der Waals surface area contributed by atoms with Crippen LogP contribution in [0, 0.1) is 0 Å². The van der Waals surface area contributed by atoms with Crippen LogP contribution in [-0.4, -0.2) is 25.8 Å². The van der Waals surface area contributed by atoms with E-state index in [4.69, 9.17) is 9.47 Å². The summed E-state index contributed by atoms with van der Waals surface area (Å²) in [5, 5.41) is 0. The van der Waals surface area contributed by atoms with Crippen LogP contribution >= 0.6 is 0 Å². The van der Waals surface area contributed by atoms with E-state index in [9.17, 15) is 9.59 Å². The van der Waals surface area contributed by atoms with Crippen LogP contribution in [0.3, 0.4) is 0 Å². The van der Waals surface area contributed by atoms with Gasteiger partial charge in [0.25, 0.3) is 0 Å². The quantitative estimate of drug-likeness (QED) is 0.606. The van der Waals surface area contributed by atoms with Crippen molar-refractivity contribution in [2.45, 2.75) is 0 Å². The molecule has 4 nitrogen and oxygen atoms in total. The highest BCUT2D eigenvalue weighted by Crippen LogP contribution is 2.27. The van der Waals surface area contributed by atoms with Gasteiger partial charge >= 0.3 is 0 Å². The summed E-state index contributed by atoms with van der Waals surface area (Å²) in [6.07, 6.45) is 2.53. The van der Waals surface area contributed by atoms with Crippen LogP contribution in [0.25, 0.3) is 0 Å². The lowest BCUT2D eigenvalue weighted by Crippen LogP contribution is -1.99. The van der Waals surface area contributed by atoms with Crippen molar-refractivity contribution in [1.29, 1.82) is 0 Å². The van der Waals surface area contributed by atoms with E-state index in [-0.39, 0.29) is 11.6 Å². The Labute approximate surface area is 129 Å². The van der Waals surface area contributed by atoms with Crippen molar-refractivity contribution in [2.75, 3.05) is 14.2 Å². The Morgan fingerprint density at radius 2 is 1.36 bits per heavy atom. The van der Waals surface area contributed by atoms with Gasteiger partial charge in [0.2, 0.25) is 0 Å². The molecule has 0 aliphatic heterocycles. The predicted octanol–water partition coefficient (Wildman–Crippen LogP) is 3.33. The standard InChI is InChI=1S/C18H16O4/c1-21-17-11-8-14(12-18(17)22-2)16(20)10-9-15(19)13-6-4-3-5-7-13/h3-12H,1-2H3/b10-9+. The van der Waals surface area contributed by atoms with Gasteiger partial charge in [-0.15, -0.1) is 0 Å². The SMILES string of the molecule is COc1ccc(C(=O)/C=C/C(=O)c2ccccc2)cc1OC. The van der Waals surface area contributed by atoms with Gasteiger partial charge in [-0.2, -0.15) is 0 Å². The summed E-state index contributed by atoms with van der Waals surface area (Å²) >= 11 is 0. The molecule has 0 amide bonds. The molecule has 0 saturated carbocycles. The van der Waals surface area contributed by atoms with Crippen molar-refractivity contribution in [2.24, 2.45) is 0 Å². The Kier molecular flexibility index (Phi) is 5.09. The maximum Gasteiger partial charge on any atom is 0.186 e. The van der Waals surface area contributed by atoms with Crippen molar-refractivity contribution >= 4 is 11.6 Å². The number of carbonyl (C=O) groups is 2. The van der Waals surface area contributed by atoms with E-state index in [1.54, 1.807) is 42.5 Å². The molecular formula is C18H16O4. The third-order valence-electron chi connectivity index (χ3n) is 3.11. The molecule has 2 aromatic carbocycles. The van der Waals surface area contributed by atoms with Crippen LogP contribution in [0.1, 0.15) is 20.7 Å². The Morgan fingerprint density at radius 1 is 0.773 bits per heavy atom. The van der Waals surface area contributed by atoms with Crippen LogP contribution in [-0.2, 0) is 0 Å². The highest BCUT2D eigenvalue weighted by atomic mass is 16.5. The van der Waals surface area contributed by atoms with Crippen molar-refractivity contribution < 1.29 is 19.1 Å². The third-order valence-corrected chi connectivity index (χ3v) is 3.11. The van der Waals surface area contributed by atoms with Gasteiger partial charge in [0.15, 0.2) is 23.1 Å². The first-order valence-electron chi connectivity index (χ1n) is 6.69. The van der Waals surface area contributed by atoms with Gasteiger partial charge in [-0.25, -0.2) is 0 Å². The molecule has 0 unspecified atom stereocenters. The molecule has 0 aliphatic carbocycles. The second-order valence-electron chi connectivity index (χ2n) is 4.50. The molecule has 0 bridgehead atoms. The van der Waals surface area contributed by atoms with Crippen LogP contribution in [0.15, 0.2) is 60.7 Å². The summed E-state index contributed by atoms with van der Waals surface area (Å²) in [4.78, 5) is 24.0. The van der Waals surface area contributed by atoms with E-state index in [2.05, 4.69) is 0 Å². The molecule has 22 heavy (non-hydrogen) atoms. The number of hydrogen-bond donors (Lipinski definition) is 0. The van der Waals surface area contributed by atoms with E-state index in [0.717, 1.165) is 0 Å². The number of carbonyl (C=O) groups excluding carboxylic acids is 2. The molecule has 2 aromatic rings. The van der Waals surface area contributed by atoms with Crippen molar-refractivity contribution in [3.8, 4) is 11.5 Å². The minimum absolute atomic E-state index is 0.213. The number of ether oxygens (including phenoxy) is 2. The number of hydrogen-bond acceptors (Lipinski definition) is 4. The second-order valence-corrected chi connectivity index (χ2v) is 4.50. The molecule has 0 fully saturated rings. The fraction of sp³-hybridized carbons (Fsp3) is 0.111. The topological polar surface area (TPSA) is 52.6 Å². The van der Waals surface area contributed by atoms with Gasteiger partial charge in [-0.05, 0) is 30.4 Å². The summed E-state index contributed by atoms with van der Waals surface area (Å²) in [5.41, 5.74) is 0.966. The molecular weight excluding hydrogens is 280 g/mol. The summed E-state index contributed by atoms with van der Waals surface area (Å²) in [5.74, 6) is 0.527. The van der Waals surface area contributed by atoms with E-state index < -0.39 is 0 Å². The van der Waals surface area contributed by atoms with Gasteiger partial charge in [0.05, 0.1) is 14.2 Å². The molecule has 2 rings (SSSR count). The Bertz CT molecular complexity index is 702. The molecule has 4 heteroatoms. The van der Waals surface area contributed by atoms with Gasteiger partial charge in [0.1, 0.15) is 0 Å². The van der Waals surface area contributed by atoms with Gasteiger partial charge in [0, 0.05) is 11.1 Å². The Balaban J connectivity index is 2.15. The lowest BCUT2D eigenvalue weighted by Gasteiger charge is -2.07. The highest BCUT2D eigenvalue weighted by molar-refractivity contribution is 6.12. The molecule has 0 atom stereocenters. The minimum atomic E-state index is -0.273. The van der Waals surface area contributed by atoms with Crippen molar-refractivity contribution in [3.05, 3.63) is 71.8 Å². The van der Waals surface area contributed by atoms with Crippen LogP contribution in [0.4, 0.5) is 0 Å². The maximum atomic E-state index is 12.1. The monoisotopic (exact) mass is 296 g/mol. The lowest BCUT2D eigenvalue weighted by atomic mass is 10.1. The molecule has 0 aliphatic rings. The molecule has 0 radical (unpaired) electrons. The van der Waals surface area contributed by atoms with Crippen LogP contribution in [0.2, 0.25) is 0 Å². The van der Waals surface area contributed by atoms with Crippen LogP contribution in [0.5, 0.6) is 11.5 Å². The average Bonchev–Trinajstić information content (AvgIpc) is 2.59.